The van der Waals surface area contributed by atoms with Crippen molar-refractivity contribution in [2.45, 2.75) is 20.3 Å². The van der Waals surface area contributed by atoms with E-state index in [0.717, 1.165) is 25.7 Å². The molecule has 0 aromatic carbocycles. The van der Waals surface area contributed by atoms with Crippen LogP contribution in [0.25, 0.3) is 0 Å². The van der Waals surface area contributed by atoms with Gasteiger partial charge in [-0.15, -0.1) is 6.58 Å². The van der Waals surface area contributed by atoms with Crippen LogP contribution in [0, 0.1) is 0 Å². The molecule has 0 rings (SSSR count). The Hall–Kier alpha value is -1.62. The maximum absolute atomic E-state index is 10.9. The van der Waals surface area contributed by atoms with Crippen molar-refractivity contribution in [3.63, 3.8) is 0 Å². The van der Waals surface area contributed by atoms with Gasteiger partial charge in [0.15, 0.2) is 0 Å². The Morgan fingerprint density at radius 3 is 2.11 bits per heavy atom. The lowest BCUT2D eigenvalue weighted by Crippen LogP contribution is -2.27. The molecule has 0 aliphatic heterocycles. The van der Waals surface area contributed by atoms with E-state index in [2.05, 4.69) is 31.9 Å². The summed E-state index contributed by atoms with van der Waals surface area (Å²) >= 11 is 0. The van der Waals surface area contributed by atoms with Crippen LogP contribution in [-0.4, -0.2) is 48.2 Å². The number of aliphatic carboxylic acids is 1. The molecule has 0 saturated carbocycles. The summed E-state index contributed by atoms with van der Waals surface area (Å²) in [6.45, 7) is 13.9. The largest absolute Gasteiger partial charge is 0.478 e. The van der Waals surface area contributed by atoms with Crippen LogP contribution in [-0.2, 0) is 14.3 Å². The molecule has 0 aliphatic carbocycles. The summed E-state index contributed by atoms with van der Waals surface area (Å²) in [6.07, 6.45) is 2.69. The van der Waals surface area contributed by atoms with E-state index >= 15 is 0 Å². The van der Waals surface area contributed by atoms with Crippen LogP contribution in [0.3, 0.4) is 0 Å². The van der Waals surface area contributed by atoms with E-state index in [1.807, 2.05) is 0 Å². The summed E-state index contributed by atoms with van der Waals surface area (Å²) in [5.41, 5.74) is 0. The van der Waals surface area contributed by atoms with Gasteiger partial charge < -0.3 is 14.7 Å². The lowest BCUT2D eigenvalue weighted by atomic mass is 10.4. The van der Waals surface area contributed by atoms with Crippen LogP contribution >= 0.6 is 0 Å². The maximum Gasteiger partial charge on any atom is 0.327 e. The van der Waals surface area contributed by atoms with Gasteiger partial charge in [0, 0.05) is 12.6 Å². The zero-order chi connectivity index (χ0) is 14.4. The van der Waals surface area contributed by atoms with Gasteiger partial charge in [-0.2, -0.15) is 0 Å². The molecule has 0 bridgehead atoms. The molecule has 0 aromatic heterocycles. The van der Waals surface area contributed by atoms with E-state index in [-0.39, 0.29) is 5.97 Å². The minimum Gasteiger partial charge on any atom is -0.478 e. The van der Waals surface area contributed by atoms with Crippen molar-refractivity contribution >= 4 is 11.9 Å². The van der Waals surface area contributed by atoms with Crippen molar-refractivity contribution in [3.8, 4) is 0 Å². The summed E-state index contributed by atoms with van der Waals surface area (Å²) in [6, 6.07) is 0. The summed E-state index contributed by atoms with van der Waals surface area (Å²) in [5, 5.41) is 7.60. The molecule has 5 heteroatoms. The van der Waals surface area contributed by atoms with Gasteiger partial charge in [0.2, 0.25) is 0 Å². The number of nitrogens with zero attached hydrogens (tertiary/aromatic N) is 1. The minimum atomic E-state index is -0.981. The summed E-state index contributed by atoms with van der Waals surface area (Å²) < 4.78 is 4.96. The van der Waals surface area contributed by atoms with Crippen LogP contribution in [0.5, 0.6) is 0 Å². The van der Waals surface area contributed by atoms with Crippen molar-refractivity contribution < 1.29 is 19.4 Å². The molecule has 0 radical (unpaired) electrons. The van der Waals surface area contributed by atoms with Crippen LogP contribution in [0.2, 0.25) is 0 Å². The number of esters is 1. The fourth-order valence-corrected chi connectivity index (χ4v) is 1.01. The van der Waals surface area contributed by atoms with Crippen LogP contribution in [0.15, 0.2) is 25.3 Å². The van der Waals surface area contributed by atoms with Gasteiger partial charge in [-0.1, -0.05) is 26.5 Å². The molecular weight excluding hydrogens is 234 g/mol. The molecule has 104 valence electrons. The number of ether oxygens (including phenoxy) is 1. The highest BCUT2D eigenvalue weighted by Crippen LogP contribution is 1.90. The highest BCUT2D eigenvalue weighted by Gasteiger charge is 2.01. The number of carboxylic acid groups (broad SMARTS) is 1. The van der Waals surface area contributed by atoms with Crippen molar-refractivity contribution in [2.24, 2.45) is 0 Å². The van der Waals surface area contributed by atoms with Crippen molar-refractivity contribution in [2.75, 3.05) is 26.2 Å². The Labute approximate surface area is 109 Å². The second-order valence-corrected chi connectivity index (χ2v) is 3.28. The Bertz CT molecular complexity index is 260. The van der Waals surface area contributed by atoms with Gasteiger partial charge in [0.05, 0.1) is 6.42 Å². The molecular formula is C13H23NO4. The number of rotatable bonds is 8. The number of likely N-dealkylation sites (N-methyl/N-ethyl adjacent to an activating group) is 1. The molecule has 1 N–H and O–H groups in total. The number of hydrogen-bond donors (Lipinski definition) is 1. The van der Waals surface area contributed by atoms with Gasteiger partial charge in [-0.25, -0.2) is 4.79 Å². The van der Waals surface area contributed by atoms with E-state index in [4.69, 9.17) is 9.84 Å². The van der Waals surface area contributed by atoms with Gasteiger partial charge in [-0.3, -0.25) is 4.79 Å². The molecule has 0 fully saturated rings. The fraction of sp³-hybridized carbons (Fsp3) is 0.538. The van der Waals surface area contributed by atoms with Crippen molar-refractivity contribution in [1.82, 2.24) is 4.90 Å². The average molecular weight is 257 g/mol. The number of carbonyl (C=O) groups is 2. The zero-order valence-corrected chi connectivity index (χ0v) is 11.2. The molecule has 0 unspecified atom stereocenters. The first-order valence-electron chi connectivity index (χ1n) is 5.85. The first kappa shape index (κ1) is 18.7. The summed E-state index contributed by atoms with van der Waals surface area (Å²) in [5.74, 6) is -1.17. The first-order chi connectivity index (χ1) is 8.51. The second-order valence-electron chi connectivity index (χ2n) is 3.28. The Morgan fingerprint density at radius 2 is 1.78 bits per heavy atom. The van der Waals surface area contributed by atoms with E-state index < -0.39 is 5.97 Å². The fourth-order valence-electron chi connectivity index (χ4n) is 1.01. The van der Waals surface area contributed by atoms with E-state index in [1.165, 1.54) is 0 Å². The third-order valence-electron chi connectivity index (χ3n) is 2.05. The zero-order valence-electron chi connectivity index (χ0n) is 11.2. The highest BCUT2D eigenvalue weighted by atomic mass is 16.5. The molecule has 0 spiro atoms. The molecule has 18 heavy (non-hydrogen) atoms. The predicted octanol–water partition coefficient (Wildman–Crippen LogP) is 1.70. The summed E-state index contributed by atoms with van der Waals surface area (Å²) in [4.78, 5) is 22.3. The SMILES string of the molecule is C=CC(=O)O.C=CCC(=O)OCCN(CC)CC. The number of hydrogen-bond acceptors (Lipinski definition) is 4. The van der Waals surface area contributed by atoms with Crippen LogP contribution in [0.4, 0.5) is 0 Å². The molecule has 0 aliphatic rings. The molecule has 0 saturated heterocycles. The number of carbonyl (C=O) groups excluding carboxylic acids is 1. The molecule has 0 amide bonds. The monoisotopic (exact) mass is 257 g/mol. The number of carboxylic acids is 1. The Balaban J connectivity index is 0. The van der Waals surface area contributed by atoms with Crippen molar-refractivity contribution in [1.29, 1.82) is 0 Å². The quantitative estimate of drug-likeness (QED) is 0.407. The summed E-state index contributed by atoms with van der Waals surface area (Å²) in [7, 11) is 0. The average Bonchev–Trinajstić information content (AvgIpc) is 2.35. The topological polar surface area (TPSA) is 66.8 Å². The molecule has 0 atom stereocenters. The standard InChI is InChI=1S/C10H19NO2.C3H4O2/c1-4-7-10(12)13-9-8-11(5-2)6-3;1-2-3(4)5/h4H,1,5-9H2,2-3H3;2H,1H2,(H,4,5). The lowest BCUT2D eigenvalue weighted by Gasteiger charge is -2.17. The lowest BCUT2D eigenvalue weighted by molar-refractivity contribution is -0.143. The van der Waals surface area contributed by atoms with Gasteiger partial charge in [-0.05, 0) is 13.1 Å². The first-order valence-corrected chi connectivity index (χ1v) is 5.85. The second kappa shape index (κ2) is 13.4. The smallest absolute Gasteiger partial charge is 0.327 e. The van der Waals surface area contributed by atoms with Crippen LogP contribution < -0.4 is 0 Å². The Kier molecular flexibility index (Phi) is 14.0. The minimum absolute atomic E-state index is 0.192. The van der Waals surface area contributed by atoms with Crippen LogP contribution in [0.1, 0.15) is 20.3 Å². The third-order valence-corrected chi connectivity index (χ3v) is 2.05. The molecule has 0 aromatic rings. The van der Waals surface area contributed by atoms with E-state index in [0.29, 0.717) is 13.0 Å². The highest BCUT2D eigenvalue weighted by molar-refractivity contribution is 5.78. The molecule has 0 heterocycles. The van der Waals surface area contributed by atoms with Gasteiger partial charge in [0.25, 0.3) is 0 Å². The van der Waals surface area contributed by atoms with Gasteiger partial charge in [0.1, 0.15) is 6.61 Å². The van der Waals surface area contributed by atoms with E-state index in [9.17, 15) is 9.59 Å². The van der Waals surface area contributed by atoms with E-state index in [1.54, 1.807) is 6.08 Å². The van der Waals surface area contributed by atoms with Crippen molar-refractivity contribution in [3.05, 3.63) is 25.3 Å². The maximum atomic E-state index is 10.9. The predicted molar refractivity (Wildman–Crippen MR) is 71.4 cm³/mol. The van der Waals surface area contributed by atoms with Gasteiger partial charge >= 0.3 is 11.9 Å². The Morgan fingerprint density at radius 1 is 1.28 bits per heavy atom. The molecule has 5 nitrogen and oxygen atoms in total. The third kappa shape index (κ3) is 14.4. The normalized spacial score (nSPS) is 9.06.